The molecule has 5 heteroatoms. The lowest BCUT2D eigenvalue weighted by atomic mass is 10.2. The second-order valence-electron chi connectivity index (χ2n) is 2.19. The van der Waals surface area contributed by atoms with Gasteiger partial charge >= 0.3 is 0 Å². The van der Waals surface area contributed by atoms with Crippen molar-refractivity contribution in [3.8, 4) is 0 Å². The smallest absolute Gasteiger partial charge is 0.252 e. The van der Waals surface area contributed by atoms with E-state index in [1.54, 1.807) is 0 Å². The Morgan fingerprint density at radius 1 is 1.60 bits per heavy atom. The van der Waals surface area contributed by atoms with Gasteiger partial charge in [-0.15, -0.1) is 0 Å². The zero-order chi connectivity index (χ0) is 7.72. The van der Waals surface area contributed by atoms with Gasteiger partial charge in [-0.1, -0.05) is 15.9 Å². The van der Waals surface area contributed by atoms with Gasteiger partial charge in [-0.3, -0.25) is 4.21 Å². The van der Waals surface area contributed by atoms with E-state index in [2.05, 4.69) is 15.9 Å². The first kappa shape index (κ1) is 8.59. The minimum absolute atomic E-state index is 0.319. The van der Waals surface area contributed by atoms with E-state index in [0.29, 0.717) is 12.2 Å². The predicted molar refractivity (Wildman–Crippen MR) is 40.1 cm³/mol. The number of rotatable bonds is 2. The van der Waals surface area contributed by atoms with E-state index in [4.69, 9.17) is 0 Å². The van der Waals surface area contributed by atoms with Gasteiger partial charge in [0.1, 0.15) is 0 Å². The molecular weight excluding hydrogens is 226 g/mol. The lowest BCUT2D eigenvalue weighted by molar-refractivity contribution is 0.143. The fraction of sp³-hybridized carbons (Fsp3) is 1.00. The monoisotopic (exact) mass is 232 g/mol. The summed E-state index contributed by atoms with van der Waals surface area (Å²) in [6.45, 7) is 0. The minimum atomic E-state index is -2.39. The second-order valence-corrected chi connectivity index (χ2v) is 5.02. The molecule has 0 N–H and O–H groups in total. The average molecular weight is 233 g/mol. The topological polar surface area (TPSA) is 17.1 Å². The Morgan fingerprint density at radius 3 is 2.30 bits per heavy atom. The Balaban J connectivity index is 2.41. The second kappa shape index (κ2) is 3.26. The van der Waals surface area contributed by atoms with Crippen LogP contribution in [0.2, 0.25) is 0 Å². The minimum Gasteiger partial charge on any atom is -0.259 e. The molecule has 0 spiro atoms. The van der Waals surface area contributed by atoms with Crippen LogP contribution in [-0.2, 0) is 10.8 Å². The van der Waals surface area contributed by atoms with Crippen molar-refractivity contribution in [2.45, 2.75) is 22.9 Å². The molecule has 10 heavy (non-hydrogen) atoms. The number of halogens is 3. The van der Waals surface area contributed by atoms with Crippen molar-refractivity contribution in [2.24, 2.45) is 0 Å². The zero-order valence-corrected chi connectivity index (χ0v) is 7.50. The average Bonchev–Trinajstić information content (AvgIpc) is 1.84. The molecular formula is C5H7BrF2OS. The highest BCUT2D eigenvalue weighted by molar-refractivity contribution is 9.09. The molecule has 0 amide bonds. The highest BCUT2D eigenvalue weighted by atomic mass is 79.9. The van der Waals surface area contributed by atoms with Crippen LogP contribution in [0.4, 0.5) is 8.78 Å². The Hall–Kier alpha value is 0.490. The van der Waals surface area contributed by atoms with Crippen molar-refractivity contribution in [1.82, 2.24) is 0 Å². The molecule has 0 aromatic heterocycles. The predicted octanol–water partition coefficient (Wildman–Crippen LogP) is 1.54. The van der Waals surface area contributed by atoms with Crippen LogP contribution >= 0.6 is 15.9 Å². The van der Waals surface area contributed by atoms with Crippen LogP contribution in [0.5, 0.6) is 0 Å². The van der Waals surface area contributed by atoms with Gasteiger partial charge in [0.2, 0.25) is 0 Å². The SMILES string of the molecule is O=S1CCC1C(Br)C(F)F. The van der Waals surface area contributed by atoms with Gasteiger partial charge in [0.05, 0.1) is 10.1 Å². The third-order valence-electron chi connectivity index (χ3n) is 1.54. The first-order valence-corrected chi connectivity index (χ1v) is 5.22. The van der Waals surface area contributed by atoms with E-state index in [1.807, 2.05) is 0 Å². The van der Waals surface area contributed by atoms with Crippen molar-refractivity contribution >= 4 is 26.7 Å². The molecule has 1 rings (SSSR count). The highest BCUT2D eigenvalue weighted by Gasteiger charge is 2.37. The first-order chi connectivity index (χ1) is 4.63. The first-order valence-electron chi connectivity index (χ1n) is 2.92. The van der Waals surface area contributed by atoms with E-state index in [-0.39, 0.29) is 5.25 Å². The standard InChI is InChI=1S/C5H7BrF2OS/c6-4(5(7)8)3-1-2-10(3)9/h3-5H,1-2H2. The third-order valence-corrected chi connectivity index (χ3v) is 4.77. The molecule has 1 aliphatic rings. The fourth-order valence-electron chi connectivity index (χ4n) is 0.817. The van der Waals surface area contributed by atoms with Gasteiger partial charge in [-0.25, -0.2) is 8.78 Å². The number of hydrogen-bond acceptors (Lipinski definition) is 1. The van der Waals surface area contributed by atoms with Crippen LogP contribution in [0, 0.1) is 0 Å². The molecule has 1 aliphatic heterocycles. The Kier molecular flexibility index (Phi) is 2.80. The van der Waals surface area contributed by atoms with E-state index >= 15 is 0 Å². The molecule has 60 valence electrons. The van der Waals surface area contributed by atoms with Crippen LogP contribution in [0.15, 0.2) is 0 Å². The maximum absolute atomic E-state index is 11.9. The summed E-state index contributed by atoms with van der Waals surface area (Å²) in [5, 5.41) is -0.319. The highest BCUT2D eigenvalue weighted by Crippen LogP contribution is 2.28. The lowest BCUT2D eigenvalue weighted by Crippen LogP contribution is -2.41. The summed E-state index contributed by atoms with van der Waals surface area (Å²) < 4.78 is 34.5. The Labute approximate surface area is 68.8 Å². The molecule has 0 radical (unpaired) electrons. The maximum Gasteiger partial charge on any atom is 0.252 e. The molecule has 0 bridgehead atoms. The van der Waals surface area contributed by atoms with Crippen molar-refractivity contribution in [2.75, 3.05) is 5.75 Å². The molecule has 0 aliphatic carbocycles. The molecule has 1 nitrogen and oxygen atoms in total. The van der Waals surface area contributed by atoms with Gasteiger partial charge in [0.15, 0.2) is 0 Å². The molecule has 0 aromatic carbocycles. The molecule has 1 heterocycles. The summed E-state index contributed by atoms with van der Waals surface area (Å²) in [6.07, 6.45) is -1.73. The maximum atomic E-state index is 11.9. The number of hydrogen-bond donors (Lipinski definition) is 0. The molecule has 0 saturated carbocycles. The van der Waals surface area contributed by atoms with Crippen LogP contribution in [0.25, 0.3) is 0 Å². The van der Waals surface area contributed by atoms with Gasteiger partial charge in [-0.05, 0) is 6.42 Å². The Morgan fingerprint density at radius 2 is 2.20 bits per heavy atom. The summed E-state index contributed by atoms with van der Waals surface area (Å²) in [5.74, 6) is 0.583. The van der Waals surface area contributed by atoms with Crippen LogP contribution in [0.1, 0.15) is 6.42 Å². The summed E-state index contributed by atoms with van der Waals surface area (Å²) >= 11 is 2.82. The van der Waals surface area contributed by atoms with Crippen molar-refractivity contribution < 1.29 is 13.0 Å². The molecule has 3 atom stereocenters. The van der Waals surface area contributed by atoms with Gasteiger partial charge in [-0.2, -0.15) is 0 Å². The van der Waals surface area contributed by atoms with E-state index in [1.165, 1.54) is 0 Å². The number of alkyl halides is 3. The van der Waals surface area contributed by atoms with Crippen LogP contribution in [-0.4, -0.2) is 26.5 Å². The lowest BCUT2D eigenvalue weighted by Gasteiger charge is -2.28. The quantitative estimate of drug-likeness (QED) is 0.661. The summed E-state index contributed by atoms with van der Waals surface area (Å²) in [5.41, 5.74) is 0. The summed E-state index contributed by atoms with van der Waals surface area (Å²) in [7, 11) is -1.01. The van der Waals surface area contributed by atoms with Crippen LogP contribution in [0.3, 0.4) is 0 Å². The van der Waals surface area contributed by atoms with E-state index in [9.17, 15) is 13.0 Å². The largest absolute Gasteiger partial charge is 0.259 e. The molecule has 1 saturated heterocycles. The zero-order valence-electron chi connectivity index (χ0n) is 5.10. The van der Waals surface area contributed by atoms with Gasteiger partial charge in [0.25, 0.3) is 6.43 Å². The van der Waals surface area contributed by atoms with Gasteiger partial charge < -0.3 is 0 Å². The van der Waals surface area contributed by atoms with Crippen molar-refractivity contribution in [3.05, 3.63) is 0 Å². The van der Waals surface area contributed by atoms with Crippen molar-refractivity contribution in [1.29, 1.82) is 0 Å². The molecule has 0 aromatic rings. The summed E-state index contributed by atoms with van der Waals surface area (Å²) in [4.78, 5) is -0.873. The summed E-state index contributed by atoms with van der Waals surface area (Å²) in [6, 6.07) is 0. The fourth-order valence-corrected chi connectivity index (χ4v) is 2.91. The van der Waals surface area contributed by atoms with Crippen LogP contribution < -0.4 is 0 Å². The van der Waals surface area contributed by atoms with Gasteiger partial charge in [0, 0.05) is 16.6 Å². The van der Waals surface area contributed by atoms with E-state index < -0.39 is 22.1 Å². The van der Waals surface area contributed by atoms with E-state index in [0.717, 1.165) is 0 Å². The molecule has 3 unspecified atom stereocenters. The molecule has 1 fully saturated rings. The Bertz CT molecular complexity index is 153. The normalized spacial score (nSPS) is 35.6. The third kappa shape index (κ3) is 1.56. The van der Waals surface area contributed by atoms with Crippen molar-refractivity contribution in [3.63, 3.8) is 0 Å².